The first-order valence-electron chi connectivity index (χ1n) is 25.3. The summed E-state index contributed by atoms with van der Waals surface area (Å²) >= 11 is 0. The Hall–Kier alpha value is -3.60. The number of carboxylic acid groups (broad SMARTS) is 1. The molecule has 0 radical (unpaired) electrons. The Kier molecular flexibility index (Phi) is 45.3. The van der Waals surface area contributed by atoms with E-state index in [9.17, 15) is 34.1 Å². The molecule has 0 heterocycles. The Bertz CT molecular complexity index is 1480. The van der Waals surface area contributed by atoms with Crippen molar-refractivity contribution in [1.82, 2.24) is 5.32 Å². The molecule has 0 aromatic heterocycles. The maximum atomic E-state index is 12.4. The van der Waals surface area contributed by atoms with Gasteiger partial charge < -0.3 is 25.2 Å². The molecule has 0 saturated heterocycles. The third-order valence-electron chi connectivity index (χ3n) is 10.4. The summed E-state index contributed by atoms with van der Waals surface area (Å²) in [5.74, 6) is -2.41. The van der Waals surface area contributed by atoms with Crippen LogP contribution in [-0.4, -0.2) is 64.9 Å². The van der Waals surface area contributed by atoms with E-state index in [1.54, 1.807) is 0 Å². The average Bonchev–Trinajstić information content (AvgIpc) is 3.29. The van der Waals surface area contributed by atoms with Crippen LogP contribution in [0.5, 0.6) is 0 Å². The van der Waals surface area contributed by atoms with Gasteiger partial charge in [-0.15, -0.1) is 0 Å². The van der Waals surface area contributed by atoms with Gasteiger partial charge in [-0.1, -0.05) is 182 Å². The molecule has 0 aliphatic rings. The van der Waals surface area contributed by atoms with Crippen LogP contribution in [0.2, 0.25) is 0 Å². The number of esters is 1. The number of nitrogens with one attached hydrogen (secondary N) is 1. The minimum atomic E-state index is -4.78. The SMILES string of the molecule is CC/C=C\C/C=C\C/C=C\C/C=C\C/C=C\CCCCCCCCCC(=O)OCC(O)COP(=O)(O)OCC(NC(=O)CCCCCCCC/C=C\C/C=C\C/C=C\CCCCC)C(=O)O. The number of hydrogen-bond acceptors (Lipinski definition) is 8. The van der Waals surface area contributed by atoms with Gasteiger partial charge in [0.15, 0.2) is 6.04 Å². The largest absolute Gasteiger partial charge is 0.480 e. The zero-order chi connectivity index (χ0) is 48.4. The van der Waals surface area contributed by atoms with E-state index in [4.69, 9.17) is 13.8 Å². The molecule has 0 aromatic carbocycles. The van der Waals surface area contributed by atoms with Gasteiger partial charge in [0.25, 0.3) is 0 Å². The number of aliphatic hydroxyl groups excluding tert-OH is 1. The predicted molar refractivity (Wildman–Crippen MR) is 272 cm³/mol. The molecule has 0 aromatic rings. The van der Waals surface area contributed by atoms with Gasteiger partial charge in [-0.2, -0.15) is 0 Å². The monoisotopic (exact) mass is 944 g/mol. The minimum absolute atomic E-state index is 0.125. The summed E-state index contributed by atoms with van der Waals surface area (Å²) < 4.78 is 26.9. The summed E-state index contributed by atoms with van der Waals surface area (Å²) in [6.45, 7) is 2.43. The molecule has 0 saturated carbocycles. The van der Waals surface area contributed by atoms with E-state index < -0.39 is 57.6 Å². The van der Waals surface area contributed by atoms with Crippen molar-refractivity contribution in [3.8, 4) is 0 Å². The first kappa shape index (κ1) is 62.4. The maximum absolute atomic E-state index is 12.4. The number of aliphatic hydroxyl groups is 1. The van der Waals surface area contributed by atoms with E-state index in [2.05, 4.69) is 116 Å². The number of carbonyl (C=O) groups excluding carboxylic acids is 2. The number of phosphoric acid groups is 1. The van der Waals surface area contributed by atoms with Crippen LogP contribution >= 0.6 is 7.82 Å². The normalized spacial score (nSPS) is 14.4. The maximum Gasteiger partial charge on any atom is 0.472 e. The molecule has 0 fully saturated rings. The molecule has 0 aliphatic carbocycles. The third-order valence-corrected chi connectivity index (χ3v) is 11.3. The lowest BCUT2D eigenvalue weighted by molar-refractivity contribution is -0.147. The highest BCUT2D eigenvalue weighted by molar-refractivity contribution is 7.47. The van der Waals surface area contributed by atoms with E-state index in [-0.39, 0.29) is 12.8 Å². The van der Waals surface area contributed by atoms with Gasteiger partial charge in [0.05, 0.1) is 13.2 Å². The van der Waals surface area contributed by atoms with Crippen LogP contribution in [0, 0.1) is 0 Å². The summed E-state index contributed by atoms with van der Waals surface area (Å²) in [6.07, 6.45) is 61.3. The summed E-state index contributed by atoms with van der Waals surface area (Å²) in [7, 11) is -4.78. The molecule has 12 heteroatoms. The molecule has 0 aliphatic heterocycles. The molecule has 376 valence electrons. The average molecular weight is 944 g/mol. The smallest absolute Gasteiger partial charge is 0.472 e. The Morgan fingerprint density at radius 3 is 1.32 bits per heavy atom. The Balaban J connectivity index is 3.90. The number of allylic oxidation sites excluding steroid dienone is 16. The predicted octanol–water partition coefficient (Wildman–Crippen LogP) is 14.0. The molecular weight excluding hydrogens is 854 g/mol. The van der Waals surface area contributed by atoms with Crippen molar-refractivity contribution in [3.63, 3.8) is 0 Å². The lowest BCUT2D eigenvalue weighted by Crippen LogP contribution is -2.43. The van der Waals surface area contributed by atoms with Crippen molar-refractivity contribution in [2.75, 3.05) is 19.8 Å². The second-order valence-corrected chi connectivity index (χ2v) is 18.1. The Labute approximate surface area is 400 Å². The fraction of sp³-hybridized carbons (Fsp3) is 0.648. The van der Waals surface area contributed by atoms with Gasteiger partial charge in [0, 0.05) is 12.8 Å². The number of aliphatic carboxylic acids is 1. The lowest BCUT2D eigenvalue weighted by atomic mass is 10.1. The Morgan fingerprint density at radius 2 is 0.879 bits per heavy atom. The van der Waals surface area contributed by atoms with Crippen LogP contribution in [0.3, 0.4) is 0 Å². The van der Waals surface area contributed by atoms with Crippen LogP contribution in [0.4, 0.5) is 0 Å². The van der Waals surface area contributed by atoms with Gasteiger partial charge >= 0.3 is 19.8 Å². The summed E-state index contributed by atoms with van der Waals surface area (Å²) in [4.78, 5) is 46.1. The second-order valence-electron chi connectivity index (χ2n) is 16.6. The van der Waals surface area contributed by atoms with Crippen LogP contribution in [0.25, 0.3) is 0 Å². The summed E-state index contributed by atoms with van der Waals surface area (Å²) in [5.41, 5.74) is 0. The topological polar surface area (TPSA) is 169 Å². The molecule has 0 spiro atoms. The summed E-state index contributed by atoms with van der Waals surface area (Å²) in [5, 5.41) is 21.9. The molecule has 66 heavy (non-hydrogen) atoms. The standard InChI is InChI=1S/C54H90NO10P/c1-3-5-7-9-11-13-15-17-19-21-23-24-25-26-28-30-32-34-36-38-40-42-44-46-53(58)63-47-50(56)48-64-66(61,62)65-49-51(54(59)60)55-52(57)45-43-41-39-37-35-33-31-29-27-22-20-18-16-14-12-10-8-6-4-2/h5,7,11-14,17-20,23-24,26-29,50-51,56H,3-4,6,8-10,15-16,21-22,25,30-49H2,1-2H3,(H,55,57)(H,59,60)(H,61,62)/b7-5-,13-11-,14-12-,19-17-,20-18-,24-23-,28-26-,29-27-. The third kappa shape index (κ3) is 46.9. The number of carbonyl (C=O) groups is 3. The molecule has 1 amide bonds. The van der Waals surface area contributed by atoms with E-state index in [1.165, 1.54) is 38.5 Å². The Morgan fingerprint density at radius 1 is 0.500 bits per heavy atom. The van der Waals surface area contributed by atoms with Crippen molar-refractivity contribution < 1.29 is 47.8 Å². The van der Waals surface area contributed by atoms with Crippen molar-refractivity contribution in [3.05, 3.63) is 97.2 Å². The zero-order valence-corrected chi connectivity index (χ0v) is 41.9. The fourth-order valence-corrected chi connectivity index (χ4v) is 7.24. The first-order valence-corrected chi connectivity index (χ1v) is 26.8. The van der Waals surface area contributed by atoms with Gasteiger partial charge in [-0.3, -0.25) is 18.6 Å². The van der Waals surface area contributed by atoms with Gasteiger partial charge in [-0.05, 0) is 96.3 Å². The molecular formula is C54H90NO10P. The summed E-state index contributed by atoms with van der Waals surface area (Å²) in [6, 6.07) is -1.56. The van der Waals surface area contributed by atoms with Crippen LogP contribution in [0.1, 0.15) is 194 Å². The number of rotatable bonds is 46. The molecule has 0 bridgehead atoms. The number of carboxylic acids is 1. The highest BCUT2D eigenvalue weighted by Crippen LogP contribution is 2.43. The van der Waals surface area contributed by atoms with Crippen molar-refractivity contribution >= 4 is 25.7 Å². The molecule has 3 unspecified atom stereocenters. The first-order chi connectivity index (χ1) is 32.1. The van der Waals surface area contributed by atoms with Crippen LogP contribution < -0.4 is 5.32 Å². The zero-order valence-electron chi connectivity index (χ0n) is 41.0. The molecule has 11 nitrogen and oxygen atoms in total. The van der Waals surface area contributed by atoms with Gasteiger partial charge in [-0.25, -0.2) is 9.36 Å². The van der Waals surface area contributed by atoms with Crippen molar-refractivity contribution in [2.24, 2.45) is 0 Å². The fourth-order valence-electron chi connectivity index (χ4n) is 6.47. The number of ether oxygens (including phenoxy) is 1. The van der Waals surface area contributed by atoms with Crippen molar-refractivity contribution in [2.45, 2.75) is 206 Å². The van der Waals surface area contributed by atoms with E-state index >= 15 is 0 Å². The molecule has 3 atom stereocenters. The number of phosphoric ester groups is 1. The van der Waals surface area contributed by atoms with Crippen LogP contribution in [-0.2, 0) is 32.7 Å². The van der Waals surface area contributed by atoms with Crippen molar-refractivity contribution in [1.29, 1.82) is 0 Å². The lowest BCUT2D eigenvalue weighted by Gasteiger charge is -2.18. The molecule has 0 rings (SSSR count). The number of amides is 1. The second kappa shape index (κ2) is 47.9. The molecule has 4 N–H and O–H groups in total. The highest BCUT2D eigenvalue weighted by atomic mass is 31.2. The number of hydrogen-bond donors (Lipinski definition) is 4. The minimum Gasteiger partial charge on any atom is -0.480 e. The van der Waals surface area contributed by atoms with E-state index in [1.807, 2.05) is 0 Å². The quantitative estimate of drug-likeness (QED) is 0.0199. The van der Waals surface area contributed by atoms with Crippen LogP contribution in [0.15, 0.2) is 97.2 Å². The highest BCUT2D eigenvalue weighted by Gasteiger charge is 2.28. The van der Waals surface area contributed by atoms with E-state index in [0.717, 1.165) is 116 Å². The van der Waals surface area contributed by atoms with Gasteiger partial charge in [0.1, 0.15) is 12.7 Å². The number of unbranched alkanes of at least 4 members (excludes halogenated alkanes) is 16. The van der Waals surface area contributed by atoms with E-state index in [0.29, 0.717) is 12.8 Å². The van der Waals surface area contributed by atoms with Gasteiger partial charge in [0.2, 0.25) is 5.91 Å².